The van der Waals surface area contributed by atoms with E-state index in [1.54, 1.807) is 0 Å². The molecule has 1 N–H and O–H groups in total. The van der Waals surface area contributed by atoms with Crippen LogP contribution >= 0.6 is 24.0 Å². The number of pyridine rings is 1. The van der Waals surface area contributed by atoms with E-state index in [-0.39, 0.29) is 24.0 Å². The lowest BCUT2D eigenvalue weighted by Crippen LogP contribution is -2.47. The molecule has 6 nitrogen and oxygen atoms in total. The lowest BCUT2D eigenvalue weighted by Gasteiger charge is -2.34. The third kappa shape index (κ3) is 7.59. The number of nitrogens with one attached hydrogen (secondary N) is 1. The third-order valence-electron chi connectivity index (χ3n) is 5.63. The zero-order valence-corrected chi connectivity index (χ0v) is 20.4. The minimum atomic E-state index is 0. The number of piperidine rings is 1. The van der Waals surface area contributed by atoms with Gasteiger partial charge in [0.2, 0.25) is 0 Å². The molecule has 0 aromatic carbocycles. The minimum absolute atomic E-state index is 0. The van der Waals surface area contributed by atoms with Crippen molar-refractivity contribution in [2.75, 3.05) is 44.2 Å². The first-order valence-corrected chi connectivity index (χ1v) is 11.1. The monoisotopic (exact) mass is 515 g/mol. The Kier molecular flexibility index (Phi) is 11.1. The molecule has 2 fully saturated rings. The highest BCUT2D eigenvalue weighted by Gasteiger charge is 2.21. The SMILES string of the molecule is CCNC(=NCc1ccc(N2CCCCCC2)nc1)N1CCC(OCC)CC1.I. The van der Waals surface area contributed by atoms with Gasteiger partial charge in [-0.1, -0.05) is 18.9 Å². The van der Waals surface area contributed by atoms with E-state index in [1.165, 1.54) is 25.7 Å². The van der Waals surface area contributed by atoms with Crippen molar-refractivity contribution in [2.45, 2.75) is 65.0 Å². The standard InChI is InChI=1S/C22H37N5O.HI/c1-3-23-22(27-15-11-20(12-16-27)28-4-2)25-18-19-9-10-21(24-17-19)26-13-7-5-6-8-14-26;/h9-10,17,20H,3-8,11-16,18H2,1-2H3,(H,23,25);1H. The van der Waals surface area contributed by atoms with Crippen molar-refractivity contribution in [2.24, 2.45) is 4.99 Å². The Morgan fingerprint density at radius 2 is 1.83 bits per heavy atom. The fourth-order valence-electron chi connectivity index (χ4n) is 4.06. The summed E-state index contributed by atoms with van der Waals surface area (Å²) in [6.07, 6.45) is 9.79. The van der Waals surface area contributed by atoms with Crippen LogP contribution in [-0.4, -0.2) is 61.3 Å². The van der Waals surface area contributed by atoms with Crippen LogP contribution in [0.15, 0.2) is 23.3 Å². The minimum Gasteiger partial charge on any atom is -0.378 e. The van der Waals surface area contributed by atoms with Crippen molar-refractivity contribution >= 4 is 35.8 Å². The van der Waals surface area contributed by atoms with Gasteiger partial charge >= 0.3 is 0 Å². The molecule has 0 saturated carbocycles. The summed E-state index contributed by atoms with van der Waals surface area (Å²) in [6, 6.07) is 4.35. The topological polar surface area (TPSA) is 53.0 Å². The van der Waals surface area contributed by atoms with Crippen molar-refractivity contribution in [3.05, 3.63) is 23.9 Å². The predicted octanol–water partition coefficient (Wildman–Crippen LogP) is 4.05. The quantitative estimate of drug-likeness (QED) is 0.352. The van der Waals surface area contributed by atoms with Crippen molar-refractivity contribution < 1.29 is 4.74 Å². The van der Waals surface area contributed by atoms with E-state index in [0.29, 0.717) is 12.6 Å². The average Bonchev–Trinajstić information content (AvgIpc) is 3.02. The van der Waals surface area contributed by atoms with Gasteiger partial charge in [0.15, 0.2) is 5.96 Å². The first-order chi connectivity index (χ1) is 13.8. The van der Waals surface area contributed by atoms with Crippen LogP contribution in [0.1, 0.15) is 57.9 Å². The van der Waals surface area contributed by atoms with E-state index in [2.05, 4.69) is 41.1 Å². The van der Waals surface area contributed by atoms with Gasteiger partial charge in [0.1, 0.15) is 5.82 Å². The molecule has 3 heterocycles. The largest absolute Gasteiger partial charge is 0.378 e. The molecule has 1 aromatic heterocycles. The molecule has 7 heteroatoms. The Morgan fingerprint density at radius 3 is 2.41 bits per heavy atom. The summed E-state index contributed by atoms with van der Waals surface area (Å²) in [5.74, 6) is 2.12. The smallest absolute Gasteiger partial charge is 0.194 e. The summed E-state index contributed by atoms with van der Waals surface area (Å²) in [6.45, 7) is 10.8. The van der Waals surface area contributed by atoms with Gasteiger partial charge in [0.25, 0.3) is 0 Å². The second-order valence-corrected chi connectivity index (χ2v) is 7.74. The molecule has 0 spiro atoms. The Bertz CT molecular complexity index is 594. The molecule has 0 radical (unpaired) electrons. The molecule has 0 amide bonds. The summed E-state index contributed by atoms with van der Waals surface area (Å²) >= 11 is 0. The number of hydrogen-bond donors (Lipinski definition) is 1. The van der Waals surface area contributed by atoms with Gasteiger partial charge in [-0.15, -0.1) is 24.0 Å². The van der Waals surface area contributed by atoms with Crippen LogP contribution in [0.5, 0.6) is 0 Å². The Labute approximate surface area is 193 Å². The molecular weight excluding hydrogens is 477 g/mol. The summed E-state index contributed by atoms with van der Waals surface area (Å²) in [7, 11) is 0. The van der Waals surface area contributed by atoms with Crippen molar-refractivity contribution in [3.63, 3.8) is 0 Å². The van der Waals surface area contributed by atoms with E-state index in [9.17, 15) is 0 Å². The summed E-state index contributed by atoms with van der Waals surface area (Å²) in [5.41, 5.74) is 1.16. The summed E-state index contributed by atoms with van der Waals surface area (Å²) in [4.78, 5) is 14.4. The second-order valence-electron chi connectivity index (χ2n) is 7.74. The van der Waals surface area contributed by atoms with Gasteiger partial charge in [0, 0.05) is 45.5 Å². The highest BCUT2D eigenvalue weighted by molar-refractivity contribution is 14.0. The van der Waals surface area contributed by atoms with E-state index < -0.39 is 0 Å². The maximum Gasteiger partial charge on any atom is 0.194 e. The number of guanidine groups is 1. The van der Waals surface area contributed by atoms with Gasteiger partial charge in [-0.3, -0.25) is 0 Å². The third-order valence-corrected chi connectivity index (χ3v) is 5.63. The first-order valence-electron chi connectivity index (χ1n) is 11.1. The summed E-state index contributed by atoms with van der Waals surface area (Å²) < 4.78 is 5.77. The molecule has 2 saturated heterocycles. The molecule has 164 valence electrons. The summed E-state index contributed by atoms with van der Waals surface area (Å²) in [5, 5.41) is 3.45. The number of hydrogen-bond acceptors (Lipinski definition) is 4. The highest BCUT2D eigenvalue weighted by Crippen LogP contribution is 2.18. The maximum atomic E-state index is 5.77. The van der Waals surface area contributed by atoms with Crippen LogP contribution in [0.3, 0.4) is 0 Å². The van der Waals surface area contributed by atoms with Crippen LogP contribution in [0.2, 0.25) is 0 Å². The number of aliphatic imine (C=N–C) groups is 1. The van der Waals surface area contributed by atoms with E-state index in [1.807, 2.05) is 6.20 Å². The van der Waals surface area contributed by atoms with E-state index in [4.69, 9.17) is 14.7 Å². The van der Waals surface area contributed by atoms with Gasteiger partial charge in [0.05, 0.1) is 12.6 Å². The first kappa shape index (κ1) is 24.2. The van der Waals surface area contributed by atoms with Gasteiger partial charge in [-0.25, -0.2) is 9.98 Å². The number of anilines is 1. The van der Waals surface area contributed by atoms with Crippen LogP contribution in [-0.2, 0) is 11.3 Å². The molecule has 2 aliphatic rings. The molecule has 1 aromatic rings. The molecule has 0 aliphatic carbocycles. The molecule has 2 aliphatic heterocycles. The maximum absolute atomic E-state index is 5.77. The normalized spacial score (nSPS) is 18.9. The zero-order valence-electron chi connectivity index (χ0n) is 18.1. The molecule has 0 bridgehead atoms. The Hall–Kier alpha value is -1.09. The lowest BCUT2D eigenvalue weighted by atomic mass is 10.1. The number of nitrogens with zero attached hydrogens (tertiary/aromatic N) is 4. The van der Waals surface area contributed by atoms with Crippen molar-refractivity contribution in [1.29, 1.82) is 0 Å². The number of likely N-dealkylation sites (tertiary alicyclic amines) is 1. The van der Waals surface area contributed by atoms with Crippen LogP contribution in [0.25, 0.3) is 0 Å². The Balaban J connectivity index is 0.00000300. The van der Waals surface area contributed by atoms with Crippen LogP contribution < -0.4 is 10.2 Å². The number of aromatic nitrogens is 1. The number of ether oxygens (including phenoxy) is 1. The van der Waals surface area contributed by atoms with Crippen LogP contribution in [0.4, 0.5) is 5.82 Å². The zero-order chi connectivity index (χ0) is 19.6. The number of rotatable bonds is 6. The second kappa shape index (κ2) is 13.3. The Morgan fingerprint density at radius 1 is 1.10 bits per heavy atom. The van der Waals surface area contributed by atoms with Crippen molar-refractivity contribution in [3.8, 4) is 0 Å². The lowest BCUT2D eigenvalue weighted by molar-refractivity contribution is 0.0263. The van der Waals surface area contributed by atoms with Gasteiger partial charge < -0.3 is 19.9 Å². The molecular formula is C22H38IN5O. The van der Waals surface area contributed by atoms with Gasteiger partial charge in [-0.05, 0) is 51.2 Å². The van der Waals surface area contributed by atoms with E-state index in [0.717, 1.165) is 69.5 Å². The molecule has 0 atom stereocenters. The molecule has 0 unspecified atom stereocenters. The highest BCUT2D eigenvalue weighted by atomic mass is 127. The van der Waals surface area contributed by atoms with Crippen LogP contribution in [0, 0.1) is 0 Å². The fourth-order valence-corrected chi connectivity index (χ4v) is 4.06. The van der Waals surface area contributed by atoms with E-state index >= 15 is 0 Å². The van der Waals surface area contributed by atoms with Crippen molar-refractivity contribution in [1.82, 2.24) is 15.2 Å². The fraction of sp³-hybridized carbons (Fsp3) is 0.727. The average molecular weight is 515 g/mol. The molecule has 3 rings (SSSR count). The van der Waals surface area contributed by atoms with Gasteiger partial charge in [-0.2, -0.15) is 0 Å². The number of halogens is 1. The molecule has 29 heavy (non-hydrogen) atoms. The predicted molar refractivity (Wildman–Crippen MR) is 131 cm³/mol.